The van der Waals surface area contributed by atoms with Crippen LogP contribution in [0.15, 0.2) is 72.9 Å². The number of hydrogen-bond donors (Lipinski definition) is 6. The number of rotatable bonds is 58. The van der Waals surface area contributed by atoms with Crippen LogP contribution in [0.5, 0.6) is 0 Å². The topological polar surface area (TPSA) is 149 Å². The average molecular weight is 1110 g/mol. The number of amides is 1. The molecule has 7 atom stereocenters. The molecule has 0 radical (unpaired) electrons. The Morgan fingerprint density at radius 2 is 0.785 bits per heavy atom. The fourth-order valence-corrected chi connectivity index (χ4v) is 10.5. The van der Waals surface area contributed by atoms with Crippen LogP contribution in [-0.2, 0) is 14.3 Å². The van der Waals surface area contributed by atoms with Gasteiger partial charge >= 0.3 is 0 Å². The zero-order chi connectivity index (χ0) is 57.2. The molecule has 0 aliphatic carbocycles. The van der Waals surface area contributed by atoms with E-state index < -0.39 is 49.5 Å². The summed E-state index contributed by atoms with van der Waals surface area (Å²) < 4.78 is 11.3. The molecule has 0 bridgehead atoms. The minimum Gasteiger partial charge on any atom is -0.394 e. The Morgan fingerprint density at radius 3 is 1.16 bits per heavy atom. The van der Waals surface area contributed by atoms with Crippen molar-refractivity contribution in [3.8, 4) is 0 Å². The Balaban J connectivity index is 2.14. The Kier molecular flexibility index (Phi) is 55.6. The summed E-state index contributed by atoms with van der Waals surface area (Å²) in [7, 11) is 0. The van der Waals surface area contributed by atoms with Gasteiger partial charge in [-0.15, -0.1) is 0 Å². The van der Waals surface area contributed by atoms with Crippen molar-refractivity contribution in [2.24, 2.45) is 0 Å². The molecular weight excluding hydrogens is 983 g/mol. The monoisotopic (exact) mass is 1110 g/mol. The van der Waals surface area contributed by atoms with E-state index in [0.29, 0.717) is 6.42 Å². The first kappa shape index (κ1) is 74.6. The SMILES string of the molecule is CC/C=C\C/C=C\C/C=C\C/C=C\C/C=C\CCCCCCCCCCCCCCCCCCCC(=O)NC(COC1OC(CO)C(O)C(O)C1O)C(O)/C=C/CCCCCCCCCCCCCCCCCCCCCCC. The van der Waals surface area contributed by atoms with E-state index in [4.69, 9.17) is 9.47 Å². The first-order valence-electron chi connectivity index (χ1n) is 33.7. The van der Waals surface area contributed by atoms with Crippen LogP contribution >= 0.6 is 0 Å². The Labute approximate surface area is 487 Å². The number of aliphatic hydroxyl groups excluding tert-OH is 5. The van der Waals surface area contributed by atoms with Gasteiger partial charge in [0, 0.05) is 6.42 Å². The largest absolute Gasteiger partial charge is 0.394 e. The van der Waals surface area contributed by atoms with Crippen LogP contribution in [0.3, 0.4) is 0 Å². The minimum atomic E-state index is -1.57. The first-order chi connectivity index (χ1) is 38.8. The van der Waals surface area contributed by atoms with Crippen LogP contribution in [0.25, 0.3) is 0 Å². The van der Waals surface area contributed by atoms with E-state index in [1.165, 1.54) is 218 Å². The van der Waals surface area contributed by atoms with Crippen LogP contribution in [0, 0.1) is 0 Å². The fraction of sp³-hybridized carbons (Fsp3) is 0.814. The number of nitrogens with one attached hydrogen (secondary N) is 1. The molecule has 9 heteroatoms. The molecule has 7 unspecified atom stereocenters. The third-order valence-corrected chi connectivity index (χ3v) is 15.8. The highest BCUT2D eigenvalue weighted by molar-refractivity contribution is 5.76. The van der Waals surface area contributed by atoms with Gasteiger partial charge in [-0.2, -0.15) is 0 Å². The van der Waals surface area contributed by atoms with E-state index in [0.717, 1.165) is 70.6 Å². The van der Waals surface area contributed by atoms with Crippen molar-refractivity contribution in [1.29, 1.82) is 0 Å². The molecular formula is C70H127NO8. The molecule has 1 amide bonds. The number of aliphatic hydroxyl groups is 5. The molecule has 79 heavy (non-hydrogen) atoms. The molecule has 0 aromatic rings. The summed E-state index contributed by atoms with van der Waals surface area (Å²) in [4.78, 5) is 13.1. The van der Waals surface area contributed by atoms with Gasteiger partial charge in [-0.25, -0.2) is 0 Å². The third-order valence-electron chi connectivity index (χ3n) is 15.8. The number of hydrogen-bond acceptors (Lipinski definition) is 8. The summed E-state index contributed by atoms with van der Waals surface area (Å²) in [5.41, 5.74) is 0. The average Bonchev–Trinajstić information content (AvgIpc) is 3.47. The third kappa shape index (κ3) is 47.8. The Morgan fingerprint density at radius 1 is 0.443 bits per heavy atom. The van der Waals surface area contributed by atoms with Crippen LogP contribution in [0.1, 0.15) is 309 Å². The van der Waals surface area contributed by atoms with E-state index in [1.54, 1.807) is 6.08 Å². The summed E-state index contributed by atoms with van der Waals surface area (Å²) in [6, 6.07) is -0.808. The lowest BCUT2D eigenvalue weighted by atomic mass is 9.99. The van der Waals surface area contributed by atoms with Crippen molar-refractivity contribution >= 4 is 5.91 Å². The molecule has 1 saturated heterocycles. The first-order valence-corrected chi connectivity index (χ1v) is 33.7. The second kappa shape index (κ2) is 58.8. The van der Waals surface area contributed by atoms with E-state index >= 15 is 0 Å². The maximum Gasteiger partial charge on any atom is 0.220 e. The van der Waals surface area contributed by atoms with Crippen molar-refractivity contribution in [2.75, 3.05) is 13.2 Å². The highest BCUT2D eigenvalue weighted by Crippen LogP contribution is 2.23. The number of allylic oxidation sites excluding steroid dienone is 11. The molecule has 0 saturated carbocycles. The van der Waals surface area contributed by atoms with E-state index in [9.17, 15) is 30.3 Å². The van der Waals surface area contributed by atoms with Crippen LogP contribution < -0.4 is 5.32 Å². The predicted octanol–water partition coefficient (Wildman–Crippen LogP) is 18.0. The van der Waals surface area contributed by atoms with Gasteiger partial charge in [-0.3, -0.25) is 4.79 Å². The van der Waals surface area contributed by atoms with E-state index in [2.05, 4.69) is 79.9 Å². The smallest absolute Gasteiger partial charge is 0.220 e. The van der Waals surface area contributed by atoms with Crippen molar-refractivity contribution in [3.63, 3.8) is 0 Å². The molecule has 6 N–H and O–H groups in total. The zero-order valence-corrected chi connectivity index (χ0v) is 51.4. The summed E-state index contributed by atoms with van der Waals surface area (Å²) in [6.07, 6.45) is 75.6. The zero-order valence-electron chi connectivity index (χ0n) is 51.4. The van der Waals surface area contributed by atoms with E-state index in [-0.39, 0.29) is 12.5 Å². The highest BCUT2D eigenvalue weighted by atomic mass is 16.7. The standard InChI is InChI=1S/C70H127NO8/c1-3-5-7-9-11-13-15-17-19-21-23-25-27-28-29-30-31-32-33-34-35-36-38-40-42-44-46-48-50-52-54-56-58-60-66(74)71-63(62-78-70-69(77)68(76)67(75)65(61-72)79-70)64(73)59-57-55-53-51-49-47-45-43-41-39-37-26-24-22-20-18-16-14-12-10-8-6-4-2/h5,7,11,13,17,19,23,25,28-29,57,59,63-65,67-70,72-73,75-77H,3-4,6,8-10,12,14-16,18,20-22,24,26-27,30-56,58,60-62H2,1-2H3,(H,71,74)/b7-5-,13-11-,19-17-,25-23-,29-28-,59-57+. The molecule has 1 rings (SSSR count). The molecule has 1 aliphatic heterocycles. The normalized spacial score (nSPS) is 19.0. The molecule has 0 spiro atoms. The van der Waals surface area contributed by atoms with Crippen molar-refractivity contribution in [1.82, 2.24) is 5.32 Å². The summed E-state index contributed by atoms with van der Waals surface area (Å²) in [5, 5.41) is 54.7. The quantitative estimate of drug-likeness (QED) is 0.0261. The van der Waals surface area contributed by atoms with Gasteiger partial charge in [0.05, 0.1) is 25.4 Å². The van der Waals surface area contributed by atoms with Crippen LogP contribution in [0.4, 0.5) is 0 Å². The van der Waals surface area contributed by atoms with Crippen LogP contribution in [-0.4, -0.2) is 87.5 Å². The lowest BCUT2D eigenvalue weighted by molar-refractivity contribution is -0.302. The number of carbonyl (C=O) groups excluding carboxylic acids is 1. The van der Waals surface area contributed by atoms with Gasteiger partial charge in [0.2, 0.25) is 5.91 Å². The van der Waals surface area contributed by atoms with Gasteiger partial charge in [0.1, 0.15) is 24.4 Å². The maximum atomic E-state index is 13.1. The van der Waals surface area contributed by atoms with Gasteiger partial charge < -0.3 is 40.3 Å². The van der Waals surface area contributed by atoms with Gasteiger partial charge in [-0.1, -0.05) is 311 Å². The molecule has 460 valence electrons. The Hall–Kier alpha value is -2.37. The van der Waals surface area contributed by atoms with Crippen molar-refractivity contribution < 1.29 is 39.8 Å². The van der Waals surface area contributed by atoms with Gasteiger partial charge in [0.25, 0.3) is 0 Å². The number of ether oxygens (including phenoxy) is 2. The van der Waals surface area contributed by atoms with Gasteiger partial charge in [0.15, 0.2) is 6.29 Å². The van der Waals surface area contributed by atoms with Gasteiger partial charge in [-0.05, 0) is 64.2 Å². The number of carbonyl (C=O) groups is 1. The molecule has 0 aromatic carbocycles. The fourth-order valence-electron chi connectivity index (χ4n) is 10.5. The molecule has 1 aliphatic rings. The maximum absolute atomic E-state index is 13.1. The molecule has 1 heterocycles. The van der Waals surface area contributed by atoms with E-state index in [1.807, 2.05) is 6.08 Å². The molecule has 9 nitrogen and oxygen atoms in total. The predicted molar refractivity (Wildman–Crippen MR) is 336 cm³/mol. The summed E-state index contributed by atoms with van der Waals surface area (Å²) in [6.45, 7) is 3.70. The number of unbranched alkanes of at least 4 members (excludes halogenated alkanes) is 38. The van der Waals surface area contributed by atoms with Crippen molar-refractivity contribution in [3.05, 3.63) is 72.9 Å². The Bertz CT molecular complexity index is 1470. The summed E-state index contributed by atoms with van der Waals surface area (Å²) >= 11 is 0. The highest BCUT2D eigenvalue weighted by Gasteiger charge is 2.44. The lowest BCUT2D eigenvalue weighted by Crippen LogP contribution is -2.60. The summed E-state index contributed by atoms with van der Waals surface area (Å²) in [5.74, 6) is -0.174. The second-order valence-electron chi connectivity index (χ2n) is 23.2. The molecule has 0 aromatic heterocycles. The molecule has 1 fully saturated rings. The van der Waals surface area contributed by atoms with Crippen molar-refractivity contribution in [2.45, 2.75) is 352 Å². The minimum absolute atomic E-state index is 0.174. The van der Waals surface area contributed by atoms with Crippen LogP contribution in [0.2, 0.25) is 0 Å². The lowest BCUT2D eigenvalue weighted by Gasteiger charge is -2.40. The second-order valence-corrected chi connectivity index (χ2v) is 23.2.